The Kier molecular flexibility index (Phi) is 3.72. The maximum Gasteiger partial charge on any atom is 0.255 e. The van der Waals surface area contributed by atoms with Gasteiger partial charge in [0.2, 0.25) is 5.91 Å². The van der Waals surface area contributed by atoms with Gasteiger partial charge in [-0.25, -0.2) is 4.39 Å². The Balaban J connectivity index is 1.34. The van der Waals surface area contributed by atoms with Gasteiger partial charge in [-0.3, -0.25) is 14.5 Å². The zero-order valence-electron chi connectivity index (χ0n) is 15.1. The number of allylic oxidation sites excluding steroid dienone is 3. The summed E-state index contributed by atoms with van der Waals surface area (Å²) in [6.45, 7) is 4.21. The van der Waals surface area contributed by atoms with E-state index >= 15 is 0 Å². The normalized spacial score (nSPS) is 27.4. The molecule has 1 saturated heterocycles. The molecule has 3 aliphatic rings. The van der Waals surface area contributed by atoms with Gasteiger partial charge in [-0.05, 0) is 66.8 Å². The van der Waals surface area contributed by atoms with Crippen LogP contribution in [0.2, 0.25) is 0 Å². The van der Waals surface area contributed by atoms with Gasteiger partial charge in [0.05, 0.1) is 5.92 Å². The van der Waals surface area contributed by atoms with Crippen LogP contribution in [0.4, 0.5) is 15.8 Å². The van der Waals surface area contributed by atoms with Gasteiger partial charge in [0.15, 0.2) is 0 Å². The second kappa shape index (κ2) is 6.16. The van der Waals surface area contributed by atoms with Gasteiger partial charge in [-0.2, -0.15) is 0 Å². The van der Waals surface area contributed by atoms with E-state index in [1.54, 1.807) is 29.2 Å². The monoisotopic (exact) mass is 374 g/mol. The first kappa shape index (κ1) is 16.9. The van der Waals surface area contributed by atoms with E-state index < -0.39 is 0 Å². The molecule has 5 rings (SSSR count). The first-order valence-electron chi connectivity index (χ1n) is 9.41. The number of carbonyl (C=O) groups is 2. The molecule has 1 aliphatic heterocycles. The maximum atomic E-state index is 13.0. The van der Waals surface area contributed by atoms with Crippen molar-refractivity contribution in [2.24, 2.45) is 23.7 Å². The highest BCUT2D eigenvalue weighted by atomic mass is 19.1. The van der Waals surface area contributed by atoms with Gasteiger partial charge >= 0.3 is 0 Å². The number of nitrogens with zero attached hydrogens (tertiary/aromatic N) is 1. The summed E-state index contributed by atoms with van der Waals surface area (Å²) in [5, 5.41) is 2.73. The Hall–Kier alpha value is -3.21. The molecule has 2 aliphatic carbocycles. The lowest BCUT2D eigenvalue weighted by Crippen LogP contribution is -2.28. The van der Waals surface area contributed by atoms with Gasteiger partial charge < -0.3 is 5.32 Å². The molecule has 140 valence electrons. The number of nitrogens with one attached hydrogen (secondary N) is 1. The van der Waals surface area contributed by atoms with Crippen molar-refractivity contribution < 1.29 is 14.0 Å². The minimum Gasteiger partial charge on any atom is -0.322 e. The Morgan fingerprint density at radius 3 is 2.29 bits per heavy atom. The van der Waals surface area contributed by atoms with Crippen molar-refractivity contribution in [2.75, 3.05) is 10.2 Å². The fourth-order valence-corrected chi connectivity index (χ4v) is 4.84. The SMILES string of the molecule is C=C1C2C3C=CC(C3)C2C(=O)N1c1ccc(C(=O)Nc2ccc(F)cc2)cc1. The highest BCUT2D eigenvalue weighted by molar-refractivity contribution is 6.06. The first-order valence-corrected chi connectivity index (χ1v) is 9.41. The number of hydrogen-bond donors (Lipinski definition) is 1. The molecule has 1 heterocycles. The van der Waals surface area contributed by atoms with Crippen molar-refractivity contribution in [3.8, 4) is 0 Å². The standard InChI is InChI=1S/C23H19FN2O2/c1-13-20-15-2-3-16(12-15)21(20)23(28)26(13)19-10-4-14(5-11-19)22(27)25-18-8-6-17(24)7-9-18/h2-11,15-16,20-21H,1,12H2,(H,25,27). The summed E-state index contributed by atoms with van der Waals surface area (Å²) in [4.78, 5) is 27.1. The van der Waals surface area contributed by atoms with Crippen LogP contribution < -0.4 is 10.2 Å². The molecule has 0 spiro atoms. The van der Waals surface area contributed by atoms with Crippen LogP contribution in [-0.2, 0) is 4.79 Å². The average molecular weight is 374 g/mol. The Morgan fingerprint density at radius 1 is 1.00 bits per heavy atom. The van der Waals surface area contributed by atoms with E-state index in [9.17, 15) is 14.0 Å². The molecule has 4 unspecified atom stereocenters. The van der Waals surface area contributed by atoms with Crippen molar-refractivity contribution in [2.45, 2.75) is 6.42 Å². The number of anilines is 2. The van der Waals surface area contributed by atoms with Crippen LogP contribution in [0.3, 0.4) is 0 Å². The van der Waals surface area contributed by atoms with Crippen molar-refractivity contribution in [1.82, 2.24) is 0 Å². The Morgan fingerprint density at radius 2 is 1.64 bits per heavy atom. The molecule has 2 bridgehead atoms. The van der Waals surface area contributed by atoms with Gasteiger partial charge in [-0.15, -0.1) is 0 Å². The zero-order valence-corrected chi connectivity index (χ0v) is 15.1. The molecular formula is C23H19FN2O2. The van der Waals surface area contributed by atoms with Crippen LogP contribution in [0.15, 0.2) is 73.0 Å². The van der Waals surface area contributed by atoms with E-state index in [2.05, 4.69) is 24.0 Å². The van der Waals surface area contributed by atoms with E-state index in [1.807, 2.05) is 0 Å². The molecular weight excluding hydrogens is 355 g/mol. The highest BCUT2D eigenvalue weighted by Gasteiger charge is 2.56. The van der Waals surface area contributed by atoms with Crippen molar-refractivity contribution >= 4 is 23.2 Å². The average Bonchev–Trinajstić information content (AvgIpc) is 3.38. The molecule has 0 radical (unpaired) electrons. The summed E-state index contributed by atoms with van der Waals surface area (Å²) in [5.74, 6) is 0.403. The van der Waals surface area contributed by atoms with Crippen LogP contribution in [0, 0.1) is 29.5 Å². The summed E-state index contributed by atoms with van der Waals surface area (Å²) >= 11 is 0. The number of fused-ring (bicyclic) bond motifs is 5. The molecule has 2 aromatic rings. The predicted molar refractivity (Wildman–Crippen MR) is 105 cm³/mol. The van der Waals surface area contributed by atoms with Crippen molar-refractivity contribution in [3.05, 3.63) is 84.3 Å². The van der Waals surface area contributed by atoms with Gasteiger partial charge in [0, 0.05) is 28.6 Å². The quantitative estimate of drug-likeness (QED) is 0.811. The van der Waals surface area contributed by atoms with Crippen LogP contribution in [-0.4, -0.2) is 11.8 Å². The molecule has 2 aromatic carbocycles. The van der Waals surface area contributed by atoms with Crippen LogP contribution >= 0.6 is 0 Å². The topological polar surface area (TPSA) is 49.4 Å². The molecule has 4 nitrogen and oxygen atoms in total. The minimum atomic E-state index is -0.355. The molecule has 28 heavy (non-hydrogen) atoms. The Labute approximate surface area is 162 Å². The summed E-state index contributed by atoms with van der Waals surface area (Å²) < 4.78 is 13.0. The second-order valence-electron chi connectivity index (χ2n) is 7.67. The van der Waals surface area contributed by atoms with E-state index in [4.69, 9.17) is 0 Å². The lowest BCUT2D eigenvalue weighted by Gasteiger charge is -2.21. The molecule has 2 fully saturated rings. The van der Waals surface area contributed by atoms with Crippen LogP contribution in [0.25, 0.3) is 0 Å². The number of halogens is 1. The molecule has 0 aromatic heterocycles. The molecule has 1 N–H and O–H groups in total. The number of amides is 2. The fourth-order valence-electron chi connectivity index (χ4n) is 4.84. The predicted octanol–water partition coefficient (Wildman–Crippen LogP) is 4.38. The lowest BCUT2D eigenvalue weighted by atomic mass is 9.84. The number of carbonyl (C=O) groups excluding carboxylic acids is 2. The fraction of sp³-hybridized carbons (Fsp3) is 0.217. The maximum absolute atomic E-state index is 13.0. The zero-order chi connectivity index (χ0) is 19.4. The molecule has 5 heteroatoms. The first-order chi connectivity index (χ1) is 13.5. The molecule has 2 amide bonds. The van der Waals surface area contributed by atoms with E-state index in [0.29, 0.717) is 23.1 Å². The van der Waals surface area contributed by atoms with Crippen molar-refractivity contribution in [1.29, 1.82) is 0 Å². The van der Waals surface area contributed by atoms with Crippen molar-refractivity contribution in [3.63, 3.8) is 0 Å². The van der Waals surface area contributed by atoms with Gasteiger partial charge in [0.1, 0.15) is 5.82 Å². The molecule has 4 atom stereocenters. The number of hydrogen-bond acceptors (Lipinski definition) is 2. The third-order valence-corrected chi connectivity index (χ3v) is 6.13. The van der Waals surface area contributed by atoms with Crippen LogP contribution in [0.5, 0.6) is 0 Å². The summed E-state index contributed by atoms with van der Waals surface area (Å²) in [6.07, 6.45) is 5.44. The summed E-state index contributed by atoms with van der Waals surface area (Å²) in [7, 11) is 0. The van der Waals surface area contributed by atoms with E-state index in [1.165, 1.54) is 24.3 Å². The summed E-state index contributed by atoms with van der Waals surface area (Å²) in [6, 6.07) is 12.5. The van der Waals surface area contributed by atoms with E-state index in [0.717, 1.165) is 17.8 Å². The Bertz CT molecular complexity index is 980. The minimum absolute atomic E-state index is 0.00366. The lowest BCUT2D eigenvalue weighted by molar-refractivity contribution is -0.121. The highest BCUT2D eigenvalue weighted by Crippen LogP contribution is 2.56. The smallest absolute Gasteiger partial charge is 0.255 e. The third kappa shape index (κ3) is 2.50. The van der Waals surface area contributed by atoms with Gasteiger partial charge in [0.25, 0.3) is 5.91 Å². The third-order valence-electron chi connectivity index (χ3n) is 6.13. The second-order valence-corrected chi connectivity index (χ2v) is 7.67. The van der Waals surface area contributed by atoms with Gasteiger partial charge in [-0.1, -0.05) is 18.7 Å². The van der Waals surface area contributed by atoms with Crippen LogP contribution in [0.1, 0.15) is 16.8 Å². The summed E-state index contributed by atoms with van der Waals surface area (Å²) in [5.41, 5.74) is 2.58. The largest absolute Gasteiger partial charge is 0.322 e. The molecule has 1 saturated carbocycles. The number of rotatable bonds is 3. The van der Waals surface area contributed by atoms with E-state index in [-0.39, 0.29) is 29.5 Å². The number of benzene rings is 2.